The molecule has 120 valence electrons. The monoisotopic (exact) mass is 428 g/mol. The first-order chi connectivity index (χ1) is 9.59. The lowest BCUT2D eigenvalue weighted by atomic mass is 10.1. The van der Waals surface area contributed by atoms with Crippen molar-refractivity contribution in [2.24, 2.45) is 0 Å². The second-order valence-corrected chi connectivity index (χ2v) is 4.90. The van der Waals surface area contributed by atoms with E-state index in [1.165, 1.54) is 31.4 Å². The van der Waals surface area contributed by atoms with Crippen LogP contribution in [0.15, 0.2) is 24.3 Å². The van der Waals surface area contributed by atoms with E-state index in [0.29, 0.717) is 5.75 Å². The fourth-order valence-corrected chi connectivity index (χ4v) is 2.24. The third-order valence-electron chi connectivity index (χ3n) is 2.52. The van der Waals surface area contributed by atoms with Gasteiger partial charge in [0.1, 0.15) is 5.75 Å². The molecule has 1 aromatic carbocycles. The van der Waals surface area contributed by atoms with E-state index in [1.54, 1.807) is 22.6 Å². The molecule has 0 saturated carbocycles. The predicted molar refractivity (Wildman–Crippen MR) is 71.6 cm³/mol. The van der Waals surface area contributed by atoms with E-state index in [9.17, 15) is 26.3 Å². The summed E-state index contributed by atoms with van der Waals surface area (Å²) < 4.78 is 84.0. The number of ether oxygens (including phenoxy) is 2. The first kappa shape index (κ1) is 18.3. The minimum atomic E-state index is -5.52. The second-order valence-electron chi connectivity index (χ2n) is 4.02. The van der Waals surface area contributed by atoms with Crippen molar-refractivity contribution < 1.29 is 35.8 Å². The predicted octanol–water partition coefficient (Wildman–Crippen LogP) is 4.68. The molecule has 0 aliphatic heterocycles. The van der Waals surface area contributed by atoms with Crippen molar-refractivity contribution in [3.63, 3.8) is 0 Å². The summed E-state index contributed by atoms with van der Waals surface area (Å²) in [5, 5.41) is 0. The summed E-state index contributed by atoms with van der Waals surface area (Å²) in [5.74, 6) is 0.439. The normalized spacial score (nSPS) is 14.3. The molecule has 1 atom stereocenters. The van der Waals surface area contributed by atoms with Gasteiger partial charge in [-0.25, -0.2) is 0 Å². The number of halogens is 7. The van der Waals surface area contributed by atoms with Crippen LogP contribution >= 0.6 is 22.6 Å². The molecule has 0 bridgehead atoms. The molecule has 0 aliphatic rings. The SMILES string of the molecule is COc1ccc(C(CI)OC(C(F)(F)F)C(F)(F)F)cc1. The average Bonchev–Trinajstić information content (AvgIpc) is 2.37. The zero-order valence-corrected chi connectivity index (χ0v) is 12.8. The highest BCUT2D eigenvalue weighted by Crippen LogP contribution is 2.39. The summed E-state index contributed by atoms with van der Waals surface area (Å²) in [4.78, 5) is 0. The quantitative estimate of drug-likeness (QED) is 0.386. The molecule has 1 unspecified atom stereocenters. The third kappa shape index (κ3) is 5.20. The smallest absolute Gasteiger partial charge is 0.423 e. The Labute approximate surface area is 130 Å². The highest BCUT2D eigenvalue weighted by atomic mass is 127. The van der Waals surface area contributed by atoms with Gasteiger partial charge in [-0.3, -0.25) is 0 Å². The van der Waals surface area contributed by atoms with E-state index in [-0.39, 0.29) is 9.99 Å². The van der Waals surface area contributed by atoms with Crippen LogP contribution in [0.1, 0.15) is 11.7 Å². The van der Waals surface area contributed by atoms with Crippen molar-refractivity contribution in [1.29, 1.82) is 0 Å². The molecule has 0 aliphatic carbocycles. The van der Waals surface area contributed by atoms with E-state index >= 15 is 0 Å². The molecule has 0 fully saturated rings. The minimum absolute atomic E-state index is 0.0627. The van der Waals surface area contributed by atoms with Gasteiger partial charge in [0, 0.05) is 4.43 Å². The van der Waals surface area contributed by atoms with E-state index in [4.69, 9.17) is 4.74 Å². The largest absolute Gasteiger partial charge is 0.497 e. The molecule has 1 aromatic rings. The first-order valence-corrected chi connectivity index (χ1v) is 7.11. The zero-order chi connectivity index (χ0) is 16.3. The number of hydrogen-bond donors (Lipinski definition) is 0. The Balaban J connectivity index is 2.98. The molecule has 1 rings (SSSR count). The van der Waals surface area contributed by atoms with Crippen LogP contribution in [-0.2, 0) is 4.74 Å². The van der Waals surface area contributed by atoms with Crippen LogP contribution in [-0.4, -0.2) is 30.0 Å². The molecule has 9 heteroatoms. The van der Waals surface area contributed by atoms with Crippen molar-refractivity contribution in [3.05, 3.63) is 29.8 Å². The van der Waals surface area contributed by atoms with Gasteiger partial charge in [-0.1, -0.05) is 34.7 Å². The summed E-state index contributed by atoms with van der Waals surface area (Å²) in [6, 6.07) is 5.61. The van der Waals surface area contributed by atoms with Crippen LogP contribution in [0.25, 0.3) is 0 Å². The molecule has 21 heavy (non-hydrogen) atoms. The molecule has 0 aromatic heterocycles. The van der Waals surface area contributed by atoms with Crippen LogP contribution < -0.4 is 4.74 Å². The number of alkyl halides is 7. The van der Waals surface area contributed by atoms with Crippen molar-refractivity contribution in [1.82, 2.24) is 0 Å². The highest BCUT2D eigenvalue weighted by Gasteiger charge is 2.58. The maximum Gasteiger partial charge on any atom is 0.423 e. The Bertz CT molecular complexity index is 429. The van der Waals surface area contributed by atoms with Gasteiger partial charge in [-0.2, -0.15) is 26.3 Å². The van der Waals surface area contributed by atoms with E-state index in [0.717, 1.165) is 0 Å². The topological polar surface area (TPSA) is 18.5 Å². The Hall–Kier alpha value is -0.710. The average molecular weight is 428 g/mol. The maximum atomic E-state index is 12.5. The summed E-state index contributed by atoms with van der Waals surface area (Å²) in [5.41, 5.74) is 0.212. The zero-order valence-electron chi connectivity index (χ0n) is 10.6. The van der Waals surface area contributed by atoms with Crippen LogP contribution in [0.4, 0.5) is 26.3 Å². The summed E-state index contributed by atoms with van der Waals surface area (Å²) in [6.45, 7) is 0. The first-order valence-electron chi connectivity index (χ1n) is 5.58. The van der Waals surface area contributed by atoms with Gasteiger partial charge in [0.15, 0.2) is 0 Å². The molecule has 0 amide bonds. The van der Waals surface area contributed by atoms with Gasteiger partial charge in [0.2, 0.25) is 6.10 Å². The van der Waals surface area contributed by atoms with Crippen molar-refractivity contribution in [2.45, 2.75) is 24.6 Å². The van der Waals surface area contributed by atoms with E-state index in [2.05, 4.69) is 4.74 Å². The molecule has 2 nitrogen and oxygen atoms in total. The number of hydrogen-bond acceptors (Lipinski definition) is 2. The lowest BCUT2D eigenvalue weighted by Crippen LogP contribution is -2.45. The molecule has 0 heterocycles. The molecule has 0 N–H and O–H groups in total. The maximum absolute atomic E-state index is 12.5. The molecular formula is C12H11F6IO2. The van der Waals surface area contributed by atoms with Crippen molar-refractivity contribution in [3.8, 4) is 5.75 Å². The lowest BCUT2D eigenvalue weighted by molar-refractivity contribution is -0.330. The van der Waals surface area contributed by atoms with Crippen LogP contribution in [0.2, 0.25) is 0 Å². The van der Waals surface area contributed by atoms with Crippen molar-refractivity contribution in [2.75, 3.05) is 11.5 Å². The van der Waals surface area contributed by atoms with E-state index < -0.39 is 24.6 Å². The van der Waals surface area contributed by atoms with Gasteiger partial charge in [-0.05, 0) is 17.7 Å². The fraction of sp³-hybridized carbons (Fsp3) is 0.500. The van der Waals surface area contributed by atoms with Gasteiger partial charge >= 0.3 is 12.4 Å². The molecular weight excluding hydrogens is 417 g/mol. The van der Waals surface area contributed by atoms with E-state index in [1.807, 2.05) is 0 Å². The van der Waals surface area contributed by atoms with Crippen LogP contribution in [0, 0.1) is 0 Å². The van der Waals surface area contributed by atoms with Crippen LogP contribution in [0.5, 0.6) is 5.75 Å². The molecule has 0 radical (unpaired) electrons. The summed E-state index contributed by atoms with van der Waals surface area (Å²) in [6.07, 6.45) is -16.2. The number of rotatable bonds is 5. The highest BCUT2D eigenvalue weighted by molar-refractivity contribution is 14.1. The lowest BCUT2D eigenvalue weighted by Gasteiger charge is -2.27. The van der Waals surface area contributed by atoms with Crippen LogP contribution in [0.3, 0.4) is 0 Å². The van der Waals surface area contributed by atoms with Gasteiger partial charge in [-0.15, -0.1) is 0 Å². The summed E-state index contributed by atoms with van der Waals surface area (Å²) in [7, 11) is 1.39. The fourth-order valence-electron chi connectivity index (χ4n) is 1.53. The van der Waals surface area contributed by atoms with Crippen molar-refractivity contribution >= 4 is 22.6 Å². The Kier molecular flexibility index (Phi) is 6.14. The Morgan fingerprint density at radius 3 is 1.81 bits per heavy atom. The molecule has 0 spiro atoms. The minimum Gasteiger partial charge on any atom is -0.497 e. The third-order valence-corrected chi connectivity index (χ3v) is 3.32. The summed E-state index contributed by atoms with van der Waals surface area (Å²) >= 11 is 1.67. The Morgan fingerprint density at radius 2 is 1.48 bits per heavy atom. The van der Waals surface area contributed by atoms with Gasteiger partial charge in [0.25, 0.3) is 0 Å². The van der Waals surface area contributed by atoms with Gasteiger partial charge < -0.3 is 9.47 Å². The molecule has 0 saturated heterocycles. The number of methoxy groups -OCH3 is 1. The Morgan fingerprint density at radius 1 is 1.00 bits per heavy atom. The number of benzene rings is 1. The van der Waals surface area contributed by atoms with Gasteiger partial charge in [0.05, 0.1) is 13.2 Å². The second kappa shape index (κ2) is 7.03. The standard InChI is InChI=1S/C12H11F6IO2/c1-20-8-4-2-7(3-5-8)9(6-19)21-10(11(13,14)15)12(16,17)18/h2-5,9-10H,6H2,1H3.